The summed E-state index contributed by atoms with van der Waals surface area (Å²) in [5, 5.41) is 8.58. The summed E-state index contributed by atoms with van der Waals surface area (Å²) in [6.07, 6.45) is 9.99. The van der Waals surface area contributed by atoms with Crippen LogP contribution in [0.1, 0.15) is 38.5 Å². The number of halogens is 2. The number of aromatic amines is 1. The van der Waals surface area contributed by atoms with Crippen molar-refractivity contribution in [3.63, 3.8) is 0 Å². The van der Waals surface area contributed by atoms with Gasteiger partial charge in [-0.25, -0.2) is 9.97 Å². The monoisotopic (exact) mass is 401 g/mol. The molecule has 0 unspecified atom stereocenters. The second-order valence-electron chi connectivity index (χ2n) is 7.85. The maximum atomic E-state index is 6.13. The topological polar surface area (TPSA) is 57.7 Å². The van der Waals surface area contributed by atoms with Crippen LogP contribution in [0.15, 0.2) is 24.4 Å². The Morgan fingerprint density at radius 1 is 0.963 bits per heavy atom. The molecular weight excluding hydrogens is 381 g/mol. The molecule has 1 aliphatic carbocycles. The summed E-state index contributed by atoms with van der Waals surface area (Å²) in [6, 6.07) is 5.38. The van der Waals surface area contributed by atoms with Crippen molar-refractivity contribution in [2.45, 2.75) is 38.5 Å². The van der Waals surface area contributed by atoms with E-state index in [1.54, 1.807) is 6.07 Å². The number of hydrogen-bond donors (Lipinski definition) is 1. The Morgan fingerprint density at radius 3 is 2.37 bits per heavy atom. The zero-order valence-corrected chi connectivity index (χ0v) is 16.5. The minimum Gasteiger partial charge on any atom is -0.355 e. The van der Waals surface area contributed by atoms with Crippen molar-refractivity contribution in [1.29, 1.82) is 0 Å². The van der Waals surface area contributed by atoms with Gasteiger partial charge in [0.15, 0.2) is 5.65 Å². The molecule has 5 nitrogen and oxygen atoms in total. The SMILES string of the molecule is Clc1cc(Cl)cc(-c2n[nH]c3nc(N4CCC5(CCCC5)CC4)cnc23)c1. The third-order valence-electron chi connectivity index (χ3n) is 6.21. The number of hydrogen-bond acceptors (Lipinski definition) is 4. The summed E-state index contributed by atoms with van der Waals surface area (Å²) >= 11 is 12.3. The maximum absolute atomic E-state index is 6.13. The van der Waals surface area contributed by atoms with Gasteiger partial charge in [-0.1, -0.05) is 36.0 Å². The van der Waals surface area contributed by atoms with Gasteiger partial charge in [0.05, 0.1) is 6.20 Å². The lowest BCUT2D eigenvalue weighted by Gasteiger charge is -2.39. The van der Waals surface area contributed by atoms with Crippen molar-refractivity contribution >= 4 is 40.2 Å². The van der Waals surface area contributed by atoms with E-state index < -0.39 is 0 Å². The third-order valence-corrected chi connectivity index (χ3v) is 6.64. The number of aromatic nitrogens is 4. The smallest absolute Gasteiger partial charge is 0.177 e. The summed E-state index contributed by atoms with van der Waals surface area (Å²) in [4.78, 5) is 11.8. The molecule has 1 aliphatic heterocycles. The minimum absolute atomic E-state index is 0.576. The largest absolute Gasteiger partial charge is 0.355 e. The zero-order chi connectivity index (χ0) is 18.4. The molecule has 2 fully saturated rings. The Hall–Kier alpha value is -1.85. The molecule has 3 heterocycles. The van der Waals surface area contributed by atoms with Crippen LogP contribution in [0.5, 0.6) is 0 Å². The van der Waals surface area contributed by atoms with Crippen LogP contribution in [0.2, 0.25) is 10.0 Å². The minimum atomic E-state index is 0.576. The first-order chi connectivity index (χ1) is 13.1. The van der Waals surface area contributed by atoms with Crippen LogP contribution in [0.3, 0.4) is 0 Å². The van der Waals surface area contributed by atoms with Gasteiger partial charge in [-0.2, -0.15) is 5.10 Å². The van der Waals surface area contributed by atoms with E-state index in [9.17, 15) is 0 Å². The highest BCUT2D eigenvalue weighted by molar-refractivity contribution is 6.35. The Balaban J connectivity index is 1.42. The van der Waals surface area contributed by atoms with Gasteiger partial charge in [-0.15, -0.1) is 0 Å². The van der Waals surface area contributed by atoms with Crippen molar-refractivity contribution in [1.82, 2.24) is 20.2 Å². The number of H-pyrrole nitrogens is 1. The van der Waals surface area contributed by atoms with Gasteiger partial charge in [-0.05, 0) is 49.3 Å². The Bertz CT molecular complexity index is 963. The highest BCUT2D eigenvalue weighted by Crippen LogP contribution is 2.46. The lowest BCUT2D eigenvalue weighted by atomic mass is 9.77. The molecule has 1 aromatic carbocycles. The molecule has 1 N–H and O–H groups in total. The first kappa shape index (κ1) is 17.3. The second kappa shape index (κ2) is 6.64. The number of nitrogens with one attached hydrogen (secondary N) is 1. The lowest BCUT2D eigenvalue weighted by Crippen LogP contribution is -2.39. The summed E-state index contributed by atoms with van der Waals surface area (Å²) < 4.78 is 0. The molecule has 5 rings (SSSR count). The van der Waals surface area contributed by atoms with Gasteiger partial charge in [0.1, 0.15) is 17.0 Å². The van der Waals surface area contributed by atoms with E-state index in [4.69, 9.17) is 28.2 Å². The highest BCUT2D eigenvalue weighted by atomic mass is 35.5. The van der Waals surface area contributed by atoms with Crippen molar-refractivity contribution < 1.29 is 0 Å². The molecule has 2 aliphatic rings. The van der Waals surface area contributed by atoms with Crippen LogP contribution in [-0.2, 0) is 0 Å². The van der Waals surface area contributed by atoms with E-state index in [2.05, 4.69) is 20.1 Å². The van der Waals surface area contributed by atoms with Gasteiger partial charge in [-0.3, -0.25) is 5.10 Å². The van der Waals surface area contributed by atoms with Crippen LogP contribution in [0.4, 0.5) is 5.82 Å². The number of anilines is 1. The van der Waals surface area contributed by atoms with E-state index in [1.807, 2.05) is 18.3 Å². The van der Waals surface area contributed by atoms with Crippen molar-refractivity contribution in [3.05, 3.63) is 34.4 Å². The molecule has 0 radical (unpaired) electrons. The van der Waals surface area contributed by atoms with Crippen LogP contribution in [0, 0.1) is 5.41 Å². The van der Waals surface area contributed by atoms with Crippen LogP contribution < -0.4 is 4.90 Å². The Labute approximate surface area is 168 Å². The first-order valence-corrected chi connectivity index (χ1v) is 10.3. The number of rotatable bonds is 2. The molecule has 7 heteroatoms. The fourth-order valence-electron chi connectivity index (χ4n) is 4.67. The molecule has 0 bridgehead atoms. The second-order valence-corrected chi connectivity index (χ2v) is 8.72. The molecule has 1 saturated carbocycles. The van der Waals surface area contributed by atoms with E-state index in [0.717, 1.165) is 35.7 Å². The normalized spacial score (nSPS) is 19.3. The summed E-state index contributed by atoms with van der Waals surface area (Å²) in [7, 11) is 0. The van der Waals surface area contributed by atoms with Crippen LogP contribution in [-0.4, -0.2) is 33.3 Å². The number of benzene rings is 1. The molecule has 3 aromatic rings. The standard InChI is InChI=1S/C20H21Cl2N5/c21-14-9-13(10-15(22)11-14)17-18-19(26-25-17)24-16(12-23-18)27-7-5-20(6-8-27)3-1-2-4-20/h9-12H,1-8H2,(H,24,25,26). The predicted molar refractivity (Wildman–Crippen MR) is 109 cm³/mol. The van der Waals surface area contributed by atoms with Gasteiger partial charge in [0.2, 0.25) is 0 Å². The molecule has 1 saturated heterocycles. The van der Waals surface area contributed by atoms with Crippen molar-refractivity contribution in [2.24, 2.45) is 5.41 Å². The zero-order valence-electron chi connectivity index (χ0n) is 15.0. The fraction of sp³-hybridized carbons (Fsp3) is 0.450. The highest BCUT2D eigenvalue weighted by Gasteiger charge is 2.37. The van der Waals surface area contributed by atoms with E-state index >= 15 is 0 Å². The molecule has 1 spiro atoms. The molecule has 0 amide bonds. The van der Waals surface area contributed by atoms with Crippen LogP contribution in [0.25, 0.3) is 22.4 Å². The van der Waals surface area contributed by atoms with E-state index in [0.29, 0.717) is 21.1 Å². The number of fused-ring (bicyclic) bond motifs is 1. The third kappa shape index (κ3) is 3.17. The van der Waals surface area contributed by atoms with Gasteiger partial charge in [0, 0.05) is 28.7 Å². The maximum Gasteiger partial charge on any atom is 0.177 e. The first-order valence-electron chi connectivity index (χ1n) is 9.55. The molecule has 2 aromatic heterocycles. The number of piperidine rings is 1. The summed E-state index contributed by atoms with van der Waals surface area (Å²) in [5.74, 6) is 0.926. The van der Waals surface area contributed by atoms with Gasteiger partial charge >= 0.3 is 0 Å². The van der Waals surface area contributed by atoms with Crippen molar-refractivity contribution in [3.8, 4) is 11.3 Å². The summed E-state index contributed by atoms with van der Waals surface area (Å²) in [5.41, 5.74) is 3.58. The summed E-state index contributed by atoms with van der Waals surface area (Å²) in [6.45, 7) is 2.12. The quantitative estimate of drug-likeness (QED) is 0.616. The fourth-order valence-corrected chi connectivity index (χ4v) is 5.20. The number of nitrogens with zero attached hydrogens (tertiary/aromatic N) is 4. The molecule has 0 atom stereocenters. The van der Waals surface area contributed by atoms with Crippen molar-refractivity contribution in [2.75, 3.05) is 18.0 Å². The van der Waals surface area contributed by atoms with E-state index in [-0.39, 0.29) is 0 Å². The van der Waals surface area contributed by atoms with Crippen LogP contribution >= 0.6 is 23.2 Å². The Kier molecular flexibility index (Phi) is 4.25. The molecule has 27 heavy (non-hydrogen) atoms. The average Bonchev–Trinajstić information content (AvgIpc) is 3.28. The lowest BCUT2D eigenvalue weighted by molar-refractivity contribution is 0.226. The van der Waals surface area contributed by atoms with Gasteiger partial charge in [0.25, 0.3) is 0 Å². The predicted octanol–water partition coefficient (Wildman–Crippen LogP) is 5.49. The average molecular weight is 402 g/mol. The Morgan fingerprint density at radius 2 is 1.67 bits per heavy atom. The van der Waals surface area contributed by atoms with E-state index in [1.165, 1.54) is 38.5 Å². The van der Waals surface area contributed by atoms with Gasteiger partial charge < -0.3 is 4.90 Å². The molecule has 140 valence electrons. The molecular formula is C20H21Cl2N5.